The van der Waals surface area contributed by atoms with Gasteiger partial charge in [0.15, 0.2) is 0 Å². The van der Waals surface area contributed by atoms with E-state index in [9.17, 15) is 0 Å². The number of nitrogens with one attached hydrogen (secondary N) is 2. The molecule has 0 saturated heterocycles. The van der Waals surface area contributed by atoms with E-state index in [-0.39, 0.29) is 0 Å². The van der Waals surface area contributed by atoms with E-state index in [1.54, 1.807) is 0 Å². The lowest BCUT2D eigenvalue weighted by atomic mass is 9.91. The quantitative estimate of drug-likeness (QED) is 0.750. The van der Waals surface area contributed by atoms with Crippen LogP contribution in [0.1, 0.15) is 35.7 Å². The molecular formula is C14H18N2. The van der Waals surface area contributed by atoms with Gasteiger partial charge in [-0.1, -0.05) is 11.6 Å². The van der Waals surface area contributed by atoms with Crippen molar-refractivity contribution in [3.63, 3.8) is 0 Å². The lowest BCUT2D eigenvalue weighted by Gasteiger charge is -2.21. The lowest BCUT2D eigenvalue weighted by Crippen LogP contribution is -2.21. The molecule has 0 radical (unpaired) electrons. The molecule has 2 N–H and O–H groups in total. The number of aryl methyl sites for hydroxylation is 2. The van der Waals surface area contributed by atoms with E-state index < -0.39 is 0 Å². The first-order chi connectivity index (χ1) is 7.79. The highest BCUT2D eigenvalue weighted by Crippen LogP contribution is 2.34. The third-order valence-corrected chi connectivity index (χ3v) is 3.71. The fourth-order valence-electron chi connectivity index (χ4n) is 2.87. The van der Waals surface area contributed by atoms with E-state index in [1.807, 2.05) is 0 Å². The number of aromatic amines is 1. The van der Waals surface area contributed by atoms with Gasteiger partial charge >= 0.3 is 0 Å². The molecule has 16 heavy (non-hydrogen) atoms. The zero-order valence-corrected chi connectivity index (χ0v) is 9.93. The second kappa shape index (κ2) is 3.63. The Morgan fingerprint density at radius 1 is 1.38 bits per heavy atom. The number of benzene rings is 1. The predicted molar refractivity (Wildman–Crippen MR) is 67.8 cm³/mol. The summed E-state index contributed by atoms with van der Waals surface area (Å²) in [7, 11) is 2.05. The Kier molecular flexibility index (Phi) is 2.25. The molecule has 3 rings (SSSR count). The predicted octanol–water partition coefficient (Wildman–Crippen LogP) is 3.07. The number of aromatic nitrogens is 1. The zero-order valence-electron chi connectivity index (χ0n) is 9.93. The average Bonchev–Trinajstić information content (AvgIpc) is 2.67. The maximum atomic E-state index is 3.58. The van der Waals surface area contributed by atoms with Crippen molar-refractivity contribution >= 4 is 10.9 Å². The largest absolute Gasteiger partial charge is 0.357 e. The van der Waals surface area contributed by atoms with E-state index in [4.69, 9.17) is 0 Å². The van der Waals surface area contributed by atoms with Crippen LogP contribution in [-0.2, 0) is 6.42 Å². The van der Waals surface area contributed by atoms with Crippen molar-refractivity contribution < 1.29 is 0 Å². The van der Waals surface area contributed by atoms with Crippen LogP contribution >= 0.6 is 0 Å². The first-order valence-electron chi connectivity index (χ1n) is 6.08. The maximum absolute atomic E-state index is 3.58. The van der Waals surface area contributed by atoms with Gasteiger partial charge in [-0.25, -0.2) is 0 Å². The van der Waals surface area contributed by atoms with Gasteiger partial charge in [0.25, 0.3) is 0 Å². The zero-order chi connectivity index (χ0) is 11.1. The summed E-state index contributed by atoms with van der Waals surface area (Å²) in [5, 5.41) is 4.83. The molecule has 1 aliphatic rings. The van der Waals surface area contributed by atoms with E-state index in [0.29, 0.717) is 6.04 Å². The molecule has 1 aliphatic carbocycles. The second-order valence-electron chi connectivity index (χ2n) is 4.80. The molecule has 0 bridgehead atoms. The minimum Gasteiger partial charge on any atom is -0.357 e. The summed E-state index contributed by atoms with van der Waals surface area (Å²) in [5.74, 6) is 0. The van der Waals surface area contributed by atoms with Gasteiger partial charge in [0.1, 0.15) is 0 Å². The summed E-state index contributed by atoms with van der Waals surface area (Å²) in [5.41, 5.74) is 5.58. The molecule has 2 nitrogen and oxygen atoms in total. The van der Waals surface area contributed by atoms with Crippen LogP contribution < -0.4 is 5.32 Å². The highest BCUT2D eigenvalue weighted by atomic mass is 14.9. The van der Waals surface area contributed by atoms with Gasteiger partial charge in [-0.2, -0.15) is 0 Å². The topological polar surface area (TPSA) is 27.8 Å². The highest BCUT2D eigenvalue weighted by molar-refractivity contribution is 5.85. The van der Waals surface area contributed by atoms with Crippen LogP contribution in [0, 0.1) is 6.92 Å². The molecule has 0 aliphatic heterocycles. The van der Waals surface area contributed by atoms with Crippen molar-refractivity contribution in [1.29, 1.82) is 0 Å². The first kappa shape index (κ1) is 9.91. The number of H-pyrrole nitrogens is 1. The SMILES string of the molecule is CNC1CCCc2c1[nH]c1ccc(C)cc21. The minimum atomic E-state index is 0.511. The fraction of sp³-hybridized carbons (Fsp3) is 0.429. The van der Waals surface area contributed by atoms with Gasteiger partial charge in [0.2, 0.25) is 0 Å². The molecule has 0 spiro atoms. The Morgan fingerprint density at radius 2 is 2.25 bits per heavy atom. The monoisotopic (exact) mass is 214 g/mol. The Hall–Kier alpha value is -1.28. The summed E-state index contributed by atoms with van der Waals surface area (Å²) in [6.07, 6.45) is 3.76. The Bertz CT molecular complexity index is 525. The van der Waals surface area contributed by atoms with Gasteiger partial charge in [-0.05, 0) is 50.9 Å². The summed E-state index contributed by atoms with van der Waals surface area (Å²) in [6.45, 7) is 2.16. The van der Waals surface area contributed by atoms with Gasteiger partial charge in [-0.15, -0.1) is 0 Å². The lowest BCUT2D eigenvalue weighted by molar-refractivity contribution is 0.489. The fourth-order valence-corrected chi connectivity index (χ4v) is 2.87. The molecule has 2 heteroatoms. The molecule has 0 saturated carbocycles. The molecule has 1 unspecified atom stereocenters. The average molecular weight is 214 g/mol. The van der Waals surface area contributed by atoms with Crippen LogP contribution in [0.5, 0.6) is 0 Å². The van der Waals surface area contributed by atoms with Crippen LogP contribution in [-0.4, -0.2) is 12.0 Å². The van der Waals surface area contributed by atoms with Gasteiger partial charge < -0.3 is 10.3 Å². The van der Waals surface area contributed by atoms with Gasteiger partial charge in [-0.3, -0.25) is 0 Å². The van der Waals surface area contributed by atoms with Crippen LogP contribution in [0.4, 0.5) is 0 Å². The van der Waals surface area contributed by atoms with Crippen LogP contribution in [0.2, 0.25) is 0 Å². The minimum absolute atomic E-state index is 0.511. The van der Waals surface area contributed by atoms with Crippen LogP contribution in [0.3, 0.4) is 0 Å². The normalized spacial score (nSPS) is 20.0. The Morgan fingerprint density at radius 3 is 3.06 bits per heavy atom. The Balaban J connectivity index is 2.24. The summed E-state index contributed by atoms with van der Waals surface area (Å²) < 4.78 is 0. The smallest absolute Gasteiger partial charge is 0.0473 e. The van der Waals surface area contributed by atoms with Crippen molar-refractivity contribution in [2.75, 3.05) is 7.05 Å². The number of fused-ring (bicyclic) bond motifs is 3. The number of hydrogen-bond donors (Lipinski definition) is 2. The molecule has 0 fully saturated rings. The molecule has 1 heterocycles. The third kappa shape index (κ3) is 1.37. The second-order valence-corrected chi connectivity index (χ2v) is 4.80. The number of hydrogen-bond acceptors (Lipinski definition) is 1. The van der Waals surface area contributed by atoms with Gasteiger partial charge in [0, 0.05) is 22.6 Å². The van der Waals surface area contributed by atoms with E-state index in [2.05, 4.69) is 42.5 Å². The van der Waals surface area contributed by atoms with E-state index >= 15 is 0 Å². The molecule has 0 amide bonds. The first-order valence-corrected chi connectivity index (χ1v) is 6.08. The Labute approximate surface area is 96.1 Å². The van der Waals surface area contributed by atoms with Crippen molar-refractivity contribution in [1.82, 2.24) is 10.3 Å². The van der Waals surface area contributed by atoms with Crippen molar-refractivity contribution in [3.05, 3.63) is 35.0 Å². The van der Waals surface area contributed by atoms with Crippen LogP contribution in [0.25, 0.3) is 10.9 Å². The van der Waals surface area contributed by atoms with Crippen LogP contribution in [0.15, 0.2) is 18.2 Å². The van der Waals surface area contributed by atoms with Crippen molar-refractivity contribution in [2.45, 2.75) is 32.2 Å². The molecule has 2 aromatic rings. The molecule has 84 valence electrons. The maximum Gasteiger partial charge on any atom is 0.0473 e. The van der Waals surface area contributed by atoms with Crippen molar-refractivity contribution in [2.24, 2.45) is 0 Å². The van der Waals surface area contributed by atoms with Crippen molar-refractivity contribution in [3.8, 4) is 0 Å². The van der Waals surface area contributed by atoms with Gasteiger partial charge in [0.05, 0.1) is 0 Å². The highest BCUT2D eigenvalue weighted by Gasteiger charge is 2.22. The molecular weight excluding hydrogens is 196 g/mol. The van der Waals surface area contributed by atoms with E-state index in [1.165, 1.54) is 47.0 Å². The molecule has 1 aromatic carbocycles. The molecule has 1 atom stereocenters. The summed E-state index contributed by atoms with van der Waals surface area (Å²) in [6, 6.07) is 7.20. The third-order valence-electron chi connectivity index (χ3n) is 3.71. The van der Waals surface area contributed by atoms with E-state index in [0.717, 1.165) is 0 Å². The number of rotatable bonds is 1. The molecule has 1 aromatic heterocycles. The summed E-state index contributed by atoms with van der Waals surface area (Å²) >= 11 is 0. The summed E-state index contributed by atoms with van der Waals surface area (Å²) in [4.78, 5) is 3.58. The standard InChI is InChI=1S/C14H18N2/c1-9-6-7-12-11(8-9)10-4-3-5-13(15-2)14(10)16-12/h6-8,13,15-16H,3-5H2,1-2H3.